The Hall–Kier alpha value is -2.50. The van der Waals surface area contributed by atoms with Gasteiger partial charge in [-0.05, 0) is 37.0 Å². The van der Waals surface area contributed by atoms with Crippen molar-refractivity contribution in [2.45, 2.75) is 31.6 Å². The fraction of sp³-hybridized carbons (Fsp3) is 0.474. The van der Waals surface area contributed by atoms with Crippen molar-refractivity contribution in [1.82, 2.24) is 15.1 Å². The summed E-state index contributed by atoms with van der Waals surface area (Å²) in [4.78, 5) is 15.0. The van der Waals surface area contributed by atoms with Gasteiger partial charge in [0, 0.05) is 31.1 Å². The van der Waals surface area contributed by atoms with Gasteiger partial charge in [-0.3, -0.25) is 9.89 Å². The van der Waals surface area contributed by atoms with Gasteiger partial charge in [0.2, 0.25) is 0 Å². The predicted molar refractivity (Wildman–Crippen MR) is 91.3 cm³/mol. The molecule has 1 aromatic carbocycles. The zero-order chi connectivity index (χ0) is 16.8. The van der Waals surface area contributed by atoms with E-state index in [1.807, 2.05) is 23.1 Å². The van der Waals surface area contributed by atoms with E-state index in [1.165, 1.54) is 29.8 Å². The zero-order valence-corrected chi connectivity index (χ0v) is 14.1. The number of nitrogens with one attached hydrogen (secondary N) is 1. The fourth-order valence-electron chi connectivity index (χ4n) is 3.82. The van der Waals surface area contributed by atoms with Crippen molar-refractivity contribution in [1.29, 1.82) is 0 Å². The summed E-state index contributed by atoms with van der Waals surface area (Å²) in [5.41, 5.74) is 4.38. The van der Waals surface area contributed by atoms with Crippen LogP contribution in [0.15, 0.2) is 18.2 Å². The summed E-state index contributed by atoms with van der Waals surface area (Å²) in [7, 11) is 0. The monoisotopic (exact) mass is 339 g/mol. The summed E-state index contributed by atoms with van der Waals surface area (Å²) < 4.78 is 11.3. The molecule has 2 aromatic rings. The molecule has 0 unspecified atom stereocenters. The van der Waals surface area contributed by atoms with Gasteiger partial charge in [-0.25, -0.2) is 0 Å². The molecule has 3 aliphatic rings. The highest BCUT2D eigenvalue weighted by molar-refractivity contribution is 5.98. The highest BCUT2D eigenvalue weighted by Gasteiger charge is 2.32. The van der Waals surface area contributed by atoms with E-state index in [2.05, 4.69) is 10.2 Å². The van der Waals surface area contributed by atoms with Gasteiger partial charge in [0.1, 0.15) is 13.2 Å². The van der Waals surface area contributed by atoms with Gasteiger partial charge in [-0.15, -0.1) is 0 Å². The summed E-state index contributed by atoms with van der Waals surface area (Å²) in [6.45, 7) is 2.43. The summed E-state index contributed by atoms with van der Waals surface area (Å²) in [6.07, 6.45) is 4.18. The van der Waals surface area contributed by atoms with Crippen molar-refractivity contribution in [2.75, 3.05) is 26.3 Å². The molecule has 6 nitrogen and oxygen atoms in total. The number of ether oxygens (including phenoxy) is 2. The number of hydrogen-bond acceptors (Lipinski definition) is 4. The Kier molecular flexibility index (Phi) is 3.43. The molecule has 0 radical (unpaired) electrons. The molecule has 1 fully saturated rings. The molecule has 2 aliphatic heterocycles. The van der Waals surface area contributed by atoms with Crippen molar-refractivity contribution >= 4 is 5.91 Å². The van der Waals surface area contributed by atoms with Gasteiger partial charge in [0.05, 0.1) is 11.3 Å². The van der Waals surface area contributed by atoms with E-state index >= 15 is 0 Å². The number of aromatic nitrogens is 2. The van der Waals surface area contributed by atoms with Crippen LogP contribution < -0.4 is 9.47 Å². The quantitative estimate of drug-likeness (QED) is 0.912. The number of carbonyl (C=O) groups excluding carboxylic acids is 1. The molecule has 3 heterocycles. The molecule has 0 bridgehead atoms. The van der Waals surface area contributed by atoms with Crippen molar-refractivity contribution in [3.8, 4) is 11.5 Å². The number of para-hydroxylation sites is 1. The van der Waals surface area contributed by atoms with E-state index in [-0.39, 0.29) is 5.91 Å². The van der Waals surface area contributed by atoms with Crippen LogP contribution >= 0.6 is 0 Å². The van der Waals surface area contributed by atoms with Gasteiger partial charge in [0.25, 0.3) is 5.91 Å². The Morgan fingerprint density at radius 3 is 2.88 bits per heavy atom. The molecule has 130 valence electrons. The number of carbonyl (C=O) groups is 1. The second-order valence-electron chi connectivity index (χ2n) is 6.96. The summed E-state index contributed by atoms with van der Waals surface area (Å²) in [5, 5.41) is 7.73. The van der Waals surface area contributed by atoms with Crippen LogP contribution in [0, 0.1) is 0 Å². The normalized spacial score (nSPS) is 19.3. The van der Waals surface area contributed by atoms with Gasteiger partial charge in [0.15, 0.2) is 11.5 Å². The Morgan fingerprint density at radius 1 is 1.16 bits per heavy atom. The molecule has 0 saturated heterocycles. The lowest BCUT2D eigenvalue weighted by atomic mass is 10.1. The van der Waals surface area contributed by atoms with Gasteiger partial charge >= 0.3 is 0 Å². The highest BCUT2D eigenvalue weighted by atomic mass is 16.6. The number of amides is 1. The third-order valence-corrected chi connectivity index (χ3v) is 5.30. The topological polar surface area (TPSA) is 67.5 Å². The Bertz CT molecular complexity index is 825. The second-order valence-corrected chi connectivity index (χ2v) is 6.96. The van der Waals surface area contributed by atoms with Crippen molar-refractivity contribution < 1.29 is 14.3 Å². The number of rotatable bonds is 2. The minimum atomic E-state index is 0.0217. The Morgan fingerprint density at radius 2 is 2.00 bits per heavy atom. The third kappa shape index (κ3) is 2.56. The molecular weight excluding hydrogens is 318 g/mol. The standard InChI is InChI=1S/C19H21N3O3/c23-19(14-2-1-3-16-18(14)25-11-10-24-16)22-8-6-13-15(7-9-22)20-21-17(13)12-4-5-12/h1-3,12H,4-11H2,(H,20,21). The van der Waals surface area contributed by atoms with Crippen molar-refractivity contribution in [3.05, 3.63) is 40.7 Å². The first kappa shape index (κ1) is 14.8. The molecule has 0 spiro atoms. The van der Waals surface area contributed by atoms with Crippen LogP contribution in [0.5, 0.6) is 11.5 Å². The molecule has 1 N–H and O–H groups in total. The van der Waals surface area contributed by atoms with Crippen molar-refractivity contribution in [3.63, 3.8) is 0 Å². The van der Waals surface area contributed by atoms with Crippen LogP contribution in [0.4, 0.5) is 0 Å². The number of H-pyrrole nitrogens is 1. The Labute approximate surface area is 146 Å². The number of fused-ring (bicyclic) bond motifs is 2. The maximum Gasteiger partial charge on any atom is 0.257 e. The maximum absolute atomic E-state index is 13.1. The molecular formula is C19H21N3O3. The highest BCUT2D eigenvalue weighted by Crippen LogP contribution is 2.42. The zero-order valence-electron chi connectivity index (χ0n) is 14.1. The van der Waals surface area contributed by atoms with Crippen LogP contribution in [0.1, 0.15) is 46.1 Å². The van der Waals surface area contributed by atoms with E-state index in [0.717, 1.165) is 19.4 Å². The van der Waals surface area contributed by atoms with Gasteiger partial charge in [-0.1, -0.05) is 6.07 Å². The molecule has 1 aliphatic carbocycles. The molecule has 6 heteroatoms. The maximum atomic E-state index is 13.1. The lowest BCUT2D eigenvalue weighted by Crippen LogP contribution is -2.34. The average molecular weight is 339 g/mol. The SMILES string of the molecule is O=C(c1cccc2c1OCCO2)N1CCc2[nH]nc(C3CC3)c2CC1. The molecule has 1 aromatic heterocycles. The smallest absolute Gasteiger partial charge is 0.257 e. The summed E-state index contributed by atoms with van der Waals surface area (Å²) >= 11 is 0. The van der Waals surface area contributed by atoms with Crippen LogP contribution in [0.25, 0.3) is 0 Å². The minimum absolute atomic E-state index is 0.0217. The van der Waals surface area contributed by atoms with E-state index < -0.39 is 0 Å². The minimum Gasteiger partial charge on any atom is -0.486 e. The lowest BCUT2D eigenvalue weighted by molar-refractivity contribution is 0.0752. The van der Waals surface area contributed by atoms with Crippen LogP contribution in [0.3, 0.4) is 0 Å². The first-order valence-electron chi connectivity index (χ1n) is 9.05. The molecule has 5 rings (SSSR count). The first-order valence-corrected chi connectivity index (χ1v) is 9.05. The second kappa shape index (κ2) is 5.79. The number of benzene rings is 1. The van der Waals surface area contributed by atoms with Crippen LogP contribution in [-0.4, -0.2) is 47.3 Å². The predicted octanol–water partition coefficient (Wildman–Crippen LogP) is 2.30. The van der Waals surface area contributed by atoms with Crippen LogP contribution in [0.2, 0.25) is 0 Å². The molecule has 0 atom stereocenters. The van der Waals surface area contributed by atoms with E-state index in [9.17, 15) is 4.79 Å². The molecule has 1 amide bonds. The molecule has 25 heavy (non-hydrogen) atoms. The van der Waals surface area contributed by atoms with E-state index in [4.69, 9.17) is 9.47 Å². The van der Waals surface area contributed by atoms with Gasteiger partial charge in [-0.2, -0.15) is 5.10 Å². The van der Waals surface area contributed by atoms with E-state index in [1.54, 1.807) is 0 Å². The third-order valence-electron chi connectivity index (χ3n) is 5.30. The number of hydrogen-bond donors (Lipinski definition) is 1. The van der Waals surface area contributed by atoms with Crippen molar-refractivity contribution in [2.24, 2.45) is 0 Å². The number of nitrogens with zero attached hydrogens (tertiary/aromatic N) is 2. The van der Waals surface area contributed by atoms with Crippen LogP contribution in [-0.2, 0) is 12.8 Å². The largest absolute Gasteiger partial charge is 0.486 e. The lowest BCUT2D eigenvalue weighted by Gasteiger charge is -2.24. The summed E-state index contributed by atoms with van der Waals surface area (Å²) in [6, 6.07) is 5.54. The summed E-state index contributed by atoms with van der Waals surface area (Å²) in [5.74, 6) is 1.90. The fourth-order valence-corrected chi connectivity index (χ4v) is 3.82. The van der Waals surface area contributed by atoms with E-state index in [0.29, 0.717) is 42.7 Å². The Balaban J connectivity index is 1.39. The molecule has 1 saturated carbocycles. The number of aromatic amines is 1. The van der Waals surface area contributed by atoms with Gasteiger partial charge < -0.3 is 14.4 Å². The average Bonchev–Trinajstić information content (AvgIpc) is 3.45. The first-order chi connectivity index (χ1) is 12.3.